The third-order valence-electron chi connectivity index (χ3n) is 9.12. The molecular formula is C24H38F2N4O2. The number of fused-ring (bicyclic) bond motifs is 2. The van der Waals surface area contributed by atoms with Crippen molar-refractivity contribution in [3.63, 3.8) is 0 Å². The summed E-state index contributed by atoms with van der Waals surface area (Å²) in [5.41, 5.74) is 0. The summed E-state index contributed by atoms with van der Waals surface area (Å²) in [5.74, 6) is 0.323. The quantitative estimate of drug-likeness (QED) is 0.689. The van der Waals surface area contributed by atoms with E-state index in [4.69, 9.17) is 0 Å². The first-order chi connectivity index (χ1) is 15.3. The molecule has 180 valence electrons. The number of carbonyl (C=O) groups excluding carboxylic acids is 2. The molecule has 0 aromatic rings. The second-order valence-corrected chi connectivity index (χ2v) is 11.0. The van der Waals surface area contributed by atoms with Gasteiger partial charge in [-0.1, -0.05) is 6.92 Å². The van der Waals surface area contributed by atoms with Crippen molar-refractivity contribution in [1.82, 2.24) is 20.4 Å². The molecule has 5 aliphatic rings. The van der Waals surface area contributed by atoms with Gasteiger partial charge in [0, 0.05) is 56.1 Å². The minimum absolute atomic E-state index is 0.0654. The van der Waals surface area contributed by atoms with Crippen LogP contribution in [-0.2, 0) is 9.59 Å². The molecule has 32 heavy (non-hydrogen) atoms. The Labute approximate surface area is 189 Å². The molecule has 10 unspecified atom stereocenters. The molecule has 6 nitrogen and oxygen atoms in total. The lowest BCUT2D eigenvalue weighted by Gasteiger charge is -2.40. The summed E-state index contributed by atoms with van der Waals surface area (Å²) < 4.78 is 29.2. The van der Waals surface area contributed by atoms with Crippen LogP contribution in [0.3, 0.4) is 0 Å². The van der Waals surface area contributed by atoms with Gasteiger partial charge in [-0.3, -0.25) is 14.5 Å². The Morgan fingerprint density at radius 1 is 0.969 bits per heavy atom. The maximum atomic E-state index is 14.7. The van der Waals surface area contributed by atoms with E-state index < -0.39 is 12.3 Å². The smallest absolute Gasteiger partial charge is 0.237 e. The predicted octanol–water partition coefficient (Wildman–Crippen LogP) is 2.17. The van der Waals surface area contributed by atoms with Gasteiger partial charge in [0.1, 0.15) is 12.3 Å². The van der Waals surface area contributed by atoms with Gasteiger partial charge in [-0.25, -0.2) is 8.78 Å². The number of amides is 2. The molecule has 0 spiro atoms. The van der Waals surface area contributed by atoms with Crippen LogP contribution >= 0.6 is 0 Å². The Morgan fingerprint density at radius 3 is 2.50 bits per heavy atom. The molecule has 8 heteroatoms. The highest BCUT2D eigenvalue weighted by molar-refractivity contribution is 5.82. The molecule has 2 N–H and O–H groups in total. The SMILES string of the molecule is CC(=O)N1CCC2C1CCN2C1CC(F)CC(NC(=O)C2CC3C(F)CCC(C)C3N2)C1. The number of nitrogens with zero attached hydrogens (tertiary/aromatic N) is 2. The molecule has 3 saturated heterocycles. The minimum Gasteiger partial charge on any atom is -0.352 e. The minimum atomic E-state index is -0.933. The average molecular weight is 453 g/mol. The van der Waals surface area contributed by atoms with Crippen molar-refractivity contribution < 1.29 is 18.4 Å². The standard InChI is InChI=1S/C24H38F2N4O2/c1-13-3-4-19(26)18-12-20(28-23(13)18)24(32)27-16-9-15(25)10-17(11-16)30-8-6-21-22(30)5-7-29(21)14(2)31/h13,15-23,28H,3-12H2,1-2H3,(H,27,32). The number of hydrogen-bond donors (Lipinski definition) is 2. The van der Waals surface area contributed by atoms with Crippen LogP contribution in [0.15, 0.2) is 0 Å². The van der Waals surface area contributed by atoms with Crippen LogP contribution in [0.1, 0.15) is 65.2 Å². The predicted molar refractivity (Wildman–Crippen MR) is 117 cm³/mol. The highest BCUT2D eigenvalue weighted by atomic mass is 19.1. The lowest BCUT2D eigenvalue weighted by atomic mass is 9.77. The van der Waals surface area contributed by atoms with Crippen molar-refractivity contribution in [1.29, 1.82) is 0 Å². The zero-order valence-electron chi connectivity index (χ0n) is 19.3. The average Bonchev–Trinajstić information content (AvgIpc) is 3.44. The van der Waals surface area contributed by atoms with Gasteiger partial charge in [-0.15, -0.1) is 0 Å². The number of nitrogens with one attached hydrogen (secondary N) is 2. The number of likely N-dealkylation sites (tertiary alicyclic amines) is 2. The molecule has 0 radical (unpaired) electrons. The molecule has 3 aliphatic heterocycles. The van der Waals surface area contributed by atoms with E-state index in [1.807, 2.05) is 4.90 Å². The van der Waals surface area contributed by atoms with Crippen molar-refractivity contribution >= 4 is 11.8 Å². The Bertz CT molecular complexity index is 721. The van der Waals surface area contributed by atoms with E-state index in [2.05, 4.69) is 22.5 Å². The van der Waals surface area contributed by atoms with Crippen LogP contribution in [0, 0.1) is 11.8 Å². The van der Waals surface area contributed by atoms with Crippen molar-refractivity contribution in [2.24, 2.45) is 11.8 Å². The fourth-order valence-corrected chi connectivity index (χ4v) is 7.58. The molecule has 2 saturated carbocycles. The Kier molecular flexibility index (Phi) is 6.20. The van der Waals surface area contributed by atoms with Crippen molar-refractivity contribution in [3.8, 4) is 0 Å². The molecule has 5 rings (SSSR count). The molecule has 0 aromatic carbocycles. The molecular weight excluding hydrogens is 414 g/mol. The Balaban J connectivity index is 1.19. The molecule has 2 aliphatic carbocycles. The summed E-state index contributed by atoms with van der Waals surface area (Å²) in [7, 11) is 0. The van der Waals surface area contributed by atoms with Crippen molar-refractivity contribution in [2.45, 2.75) is 114 Å². The zero-order chi connectivity index (χ0) is 22.6. The molecule has 3 heterocycles. The second kappa shape index (κ2) is 8.82. The van der Waals surface area contributed by atoms with Crippen molar-refractivity contribution in [3.05, 3.63) is 0 Å². The van der Waals surface area contributed by atoms with Crippen LogP contribution in [0.5, 0.6) is 0 Å². The number of rotatable bonds is 3. The van der Waals surface area contributed by atoms with Gasteiger partial charge in [0.15, 0.2) is 0 Å². The summed E-state index contributed by atoms with van der Waals surface area (Å²) >= 11 is 0. The lowest BCUT2D eigenvalue weighted by Crippen LogP contribution is -2.53. The van der Waals surface area contributed by atoms with Crippen LogP contribution in [0.25, 0.3) is 0 Å². The maximum absolute atomic E-state index is 14.7. The van der Waals surface area contributed by atoms with E-state index in [0.717, 1.165) is 38.8 Å². The van der Waals surface area contributed by atoms with E-state index in [0.29, 0.717) is 37.6 Å². The van der Waals surface area contributed by atoms with Gasteiger partial charge in [0.2, 0.25) is 11.8 Å². The third kappa shape index (κ3) is 4.06. The van der Waals surface area contributed by atoms with Crippen LogP contribution in [0.4, 0.5) is 8.78 Å². The highest BCUT2D eigenvalue weighted by Gasteiger charge is 2.49. The van der Waals surface area contributed by atoms with Gasteiger partial charge >= 0.3 is 0 Å². The number of alkyl halides is 2. The number of carbonyl (C=O) groups is 2. The Hall–Kier alpha value is -1.28. The second-order valence-electron chi connectivity index (χ2n) is 11.0. The largest absolute Gasteiger partial charge is 0.352 e. The molecule has 5 fully saturated rings. The fraction of sp³-hybridized carbons (Fsp3) is 0.917. The first-order valence-corrected chi connectivity index (χ1v) is 12.7. The number of hydrogen-bond acceptors (Lipinski definition) is 4. The summed E-state index contributed by atoms with van der Waals surface area (Å²) in [6, 6.07) is 0.160. The molecule has 0 aromatic heterocycles. The van der Waals surface area contributed by atoms with Crippen molar-refractivity contribution in [2.75, 3.05) is 13.1 Å². The van der Waals surface area contributed by atoms with Gasteiger partial charge in [-0.05, 0) is 57.3 Å². The first kappa shape index (κ1) is 22.5. The van der Waals surface area contributed by atoms with Gasteiger partial charge in [0.25, 0.3) is 0 Å². The van der Waals surface area contributed by atoms with E-state index in [-0.39, 0.29) is 47.9 Å². The first-order valence-electron chi connectivity index (χ1n) is 12.7. The third-order valence-corrected chi connectivity index (χ3v) is 9.12. The molecule has 10 atom stereocenters. The lowest BCUT2D eigenvalue weighted by molar-refractivity contribution is -0.129. The fourth-order valence-electron chi connectivity index (χ4n) is 7.58. The normalized spacial score (nSPS) is 46.7. The zero-order valence-corrected chi connectivity index (χ0v) is 19.3. The Morgan fingerprint density at radius 2 is 1.75 bits per heavy atom. The summed E-state index contributed by atoms with van der Waals surface area (Å²) in [6.07, 6.45) is 3.72. The monoisotopic (exact) mass is 452 g/mol. The molecule has 2 amide bonds. The summed E-state index contributed by atoms with van der Waals surface area (Å²) in [6.45, 7) is 5.45. The highest BCUT2D eigenvalue weighted by Crippen LogP contribution is 2.39. The van der Waals surface area contributed by atoms with Crippen LogP contribution < -0.4 is 10.6 Å². The van der Waals surface area contributed by atoms with E-state index in [9.17, 15) is 18.4 Å². The van der Waals surface area contributed by atoms with Crippen LogP contribution in [0.2, 0.25) is 0 Å². The number of halogens is 2. The van der Waals surface area contributed by atoms with Gasteiger partial charge in [0.05, 0.1) is 6.04 Å². The maximum Gasteiger partial charge on any atom is 0.237 e. The topological polar surface area (TPSA) is 64.7 Å². The van der Waals surface area contributed by atoms with Gasteiger partial charge < -0.3 is 15.5 Å². The summed E-state index contributed by atoms with van der Waals surface area (Å²) in [4.78, 5) is 29.3. The molecule has 0 bridgehead atoms. The van der Waals surface area contributed by atoms with E-state index in [1.165, 1.54) is 0 Å². The van der Waals surface area contributed by atoms with E-state index >= 15 is 0 Å². The summed E-state index contributed by atoms with van der Waals surface area (Å²) in [5, 5.41) is 6.51. The van der Waals surface area contributed by atoms with Crippen LogP contribution in [-0.4, -0.2) is 83.3 Å². The van der Waals surface area contributed by atoms with Gasteiger partial charge in [-0.2, -0.15) is 0 Å². The van der Waals surface area contributed by atoms with E-state index in [1.54, 1.807) is 6.92 Å².